The average molecular weight is 395 g/mol. The molecule has 2 N–H and O–H groups in total. The van der Waals surface area contributed by atoms with Crippen LogP contribution in [0.5, 0.6) is 0 Å². The minimum Gasteiger partial charge on any atom is -0.462 e. The van der Waals surface area contributed by atoms with Gasteiger partial charge < -0.3 is 15.1 Å². The van der Waals surface area contributed by atoms with Crippen LogP contribution in [0, 0.1) is 13.8 Å². The van der Waals surface area contributed by atoms with Gasteiger partial charge in [0.15, 0.2) is 0 Å². The predicted molar refractivity (Wildman–Crippen MR) is 110 cm³/mol. The monoisotopic (exact) mass is 394 g/mol. The molecule has 0 atom stereocenters. The molecule has 0 bridgehead atoms. The Kier molecular flexibility index (Phi) is 5.96. The summed E-state index contributed by atoms with van der Waals surface area (Å²) in [5.41, 5.74) is 1.80. The first-order valence-corrected chi connectivity index (χ1v) is 9.03. The van der Waals surface area contributed by atoms with Gasteiger partial charge in [0.1, 0.15) is 17.2 Å². The number of hydrogen-bond acceptors (Lipinski definition) is 3. The van der Waals surface area contributed by atoms with Crippen molar-refractivity contribution in [3.8, 4) is 0 Å². The van der Waals surface area contributed by atoms with Crippen molar-refractivity contribution < 1.29 is 14.0 Å². The quantitative estimate of drug-likeness (QED) is 0.601. The number of nitrogens with one attached hydrogen (secondary N) is 2. The fraction of sp³-hybridized carbons (Fsp3) is 0.0909. The Morgan fingerprint density at radius 2 is 1.71 bits per heavy atom. The van der Waals surface area contributed by atoms with E-state index < -0.39 is 11.8 Å². The molecule has 0 aliphatic carbocycles. The third-order valence-electron chi connectivity index (χ3n) is 4.09. The van der Waals surface area contributed by atoms with Gasteiger partial charge in [0, 0.05) is 22.3 Å². The first-order chi connectivity index (χ1) is 13.4. The maximum Gasteiger partial charge on any atom is 0.272 e. The van der Waals surface area contributed by atoms with E-state index in [1.807, 2.05) is 6.07 Å². The van der Waals surface area contributed by atoms with E-state index in [4.69, 9.17) is 16.0 Å². The smallest absolute Gasteiger partial charge is 0.272 e. The van der Waals surface area contributed by atoms with Gasteiger partial charge in [-0.25, -0.2) is 0 Å². The fourth-order valence-electron chi connectivity index (χ4n) is 2.55. The zero-order valence-corrected chi connectivity index (χ0v) is 16.2. The SMILES string of the molecule is Cc1ccc(/C=C(/NC(=O)c2ccccc2)C(=O)Nc2cccc(Cl)c2C)o1. The van der Waals surface area contributed by atoms with Gasteiger partial charge in [-0.2, -0.15) is 0 Å². The molecule has 3 aromatic rings. The summed E-state index contributed by atoms with van der Waals surface area (Å²) in [7, 11) is 0. The molecular formula is C22H19ClN2O3. The minimum atomic E-state index is -0.483. The maximum atomic E-state index is 12.9. The second kappa shape index (κ2) is 8.59. The van der Waals surface area contributed by atoms with Gasteiger partial charge in [0.05, 0.1) is 0 Å². The zero-order chi connectivity index (χ0) is 20.1. The molecule has 0 aliphatic heterocycles. The highest BCUT2D eigenvalue weighted by Crippen LogP contribution is 2.23. The summed E-state index contributed by atoms with van der Waals surface area (Å²) >= 11 is 6.12. The van der Waals surface area contributed by atoms with Gasteiger partial charge >= 0.3 is 0 Å². The summed E-state index contributed by atoms with van der Waals surface area (Å²) in [5.74, 6) is 0.279. The van der Waals surface area contributed by atoms with Crippen molar-refractivity contribution >= 4 is 35.2 Å². The minimum absolute atomic E-state index is 0.0579. The molecule has 0 aliphatic rings. The van der Waals surface area contributed by atoms with Crippen LogP contribution >= 0.6 is 11.6 Å². The maximum absolute atomic E-state index is 12.9. The van der Waals surface area contributed by atoms with E-state index in [1.54, 1.807) is 68.4 Å². The van der Waals surface area contributed by atoms with E-state index >= 15 is 0 Å². The summed E-state index contributed by atoms with van der Waals surface area (Å²) in [6, 6.07) is 17.4. The van der Waals surface area contributed by atoms with E-state index in [-0.39, 0.29) is 5.70 Å². The van der Waals surface area contributed by atoms with Gasteiger partial charge in [0.25, 0.3) is 11.8 Å². The van der Waals surface area contributed by atoms with Crippen molar-refractivity contribution in [2.24, 2.45) is 0 Å². The molecule has 0 saturated carbocycles. The Hall–Kier alpha value is -3.31. The number of anilines is 1. The lowest BCUT2D eigenvalue weighted by Crippen LogP contribution is -2.30. The van der Waals surface area contributed by atoms with Crippen LogP contribution in [0.25, 0.3) is 6.08 Å². The lowest BCUT2D eigenvalue weighted by atomic mass is 10.2. The Labute approximate surface area is 168 Å². The molecule has 5 nitrogen and oxygen atoms in total. The Morgan fingerprint density at radius 1 is 0.964 bits per heavy atom. The Balaban J connectivity index is 1.89. The van der Waals surface area contributed by atoms with E-state index in [0.29, 0.717) is 27.8 Å². The number of amides is 2. The van der Waals surface area contributed by atoms with Crippen molar-refractivity contribution in [2.75, 3.05) is 5.32 Å². The molecule has 3 rings (SSSR count). The van der Waals surface area contributed by atoms with Gasteiger partial charge in [-0.1, -0.05) is 35.9 Å². The normalized spacial score (nSPS) is 11.2. The van der Waals surface area contributed by atoms with Crippen LogP contribution in [0.2, 0.25) is 5.02 Å². The summed E-state index contributed by atoms with van der Waals surface area (Å²) < 4.78 is 5.52. The summed E-state index contributed by atoms with van der Waals surface area (Å²) in [6.07, 6.45) is 1.49. The van der Waals surface area contributed by atoms with Crippen LogP contribution in [0.4, 0.5) is 5.69 Å². The lowest BCUT2D eigenvalue weighted by molar-refractivity contribution is -0.113. The van der Waals surface area contributed by atoms with Crippen LogP contribution in [0.15, 0.2) is 70.8 Å². The highest BCUT2D eigenvalue weighted by Gasteiger charge is 2.17. The summed E-state index contributed by atoms with van der Waals surface area (Å²) in [5, 5.41) is 5.99. The number of hydrogen-bond donors (Lipinski definition) is 2. The van der Waals surface area contributed by atoms with Crippen molar-refractivity contribution in [3.05, 3.63) is 94.0 Å². The molecule has 0 radical (unpaired) electrons. The predicted octanol–water partition coefficient (Wildman–Crippen LogP) is 4.96. The molecule has 2 amide bonds. The van der Waals surface area contributed by atoms with Crippen molar-refractivity contribution in [1.29, 1.82) is 0 Å². The molecule has 0 saturated heterocycles. The van der Waals surface area contributed by atoms with Gasteiger partial charge in [-0.15, -0.1) is 0 Å². The standard InChI is InChI=1S/C22H19ClN2O3/c1-14-11-12-17(28-14)13-20(25-21(26)16-7-4-3-5-8-16)22(27)24-19-10-6-9-18(23)15(19)2/h3-13H,1-2H3,(H,24,27)(H,25,26)/b20-13+. The molecule has 0 fully saturated rings. The second-order valence-corrected chi connectivity index (χ2v) is 6.60. The summed E-state index contributed by atoms with van der Waals surface area (Å²) in [6.45, 7) is 3.61. The first kappa shape index (κ1) is 19.5. The van der Waals surface area contributed by atoms with E-state index in [1.165, 1.54) is 6.08 Å². The number of halogens is 1. The number of furan rings is 1. The Bertz CT molecular complexity index is 1040. The third kappa shape index (κ3) is 4.69. The third-order valence-corrected chi connectivity index (χ3v) is 4.50. The van der Waals surface area contributed by atoms with Crippen LogP contribution in [0.3, 0.4) is 0 Å². The van der Waals surface area contributed by atoms with Crippen LogP contribution < -0.4 is 10.6 Å². The highest BCUT2D eigenvalue weighted by atomic mass is 35.5. The molecule has 1 aromatic heterocycles. The van der Waals surface area contributed by atoms with Gasteiger partial charge in [0.2, 0.25) is 0 Å². The summed E-state index contributed by atoms with van der Waals surface area (Å²) in [4.78, 5) is 25.4. The van der Waals surface area contributed by atoms with E-state index in [2.05, 4.69) is 10.6 Å². The number of carbonyl (C=O) groups excluding carboxylic acids is 2. The molecule has 28 heavy (non-hydrogen) atoms. The topological polar surface area (TPSA) is 71.3 Å². The highest BCUT2D eigenvalue weighted by molar-refractivity contribution is 6.31. The van der Waals surface area contributed by atoms with Crippen molar-refractivity contribution in [2.45, 2.75) is 13.8 Å². The number of rotatable bonds is 5. The van der Waals surface area contributed by atoms with Gasteiger partial charge in [-0.05, 0) is 55.8 Å². The molecular weight excluding hydrogens is 376 g/mol. The average Bonchev–Trinajstić information content (AvgIpc) is 3.10. The fourth-order valence-corrected chi connectivity index (χ4v) is 2.72. The largest absolute Gasteiger partial charge is 0.462 e. The van der Waals surface area contributed by atoms with E-state index in [0.717, 1.165) is 5.56 Å². The first-order valence-electron chi connectivity index (χ1n) is 8.65. The van der Waals surface area contributed by atoms with Gasteiger partial charge in [-0.3, -0.25) is 9.59 Å². The number of aryl methyl sites for hydroxylation is 1. The van der Waals surface area contributed by atoms with E-state index in [9.17, 15) is 9.59 Å². The number of carbonyl (C=O) groups is 2. The lowest BCUT2D eigenvalue weighted by Gasteiger charge is -2.13. The molecule has 1 heterocycles. The van der Waals surface area contributed by atoms with Crippen LogP contribution in [0.1, 0.15) is 27.4 Å². The van der Waals surface area contributed by atoms with Crippen LogP contribution in [-0.4, -0.2) is 11.8 Å². The molecule has 6 heteroatoms. The van der Waals surface area contributed by atoms with Crippen molar-refractivity contribution in [3.63, 3.8) is 0 Å². The van der Waals surface area contributed by atoms with Crippen molar-refractivity contribution in [1.82, 2.24) is 5.32 Å². The molecule has 0 unspecified atom stereocenters. The number of benzene rings is 2. The second-order valence-electron chi connectivity index (χ2n) is 6.19. The zero-order valence-electron chi connectivity index (χ0n) is 15.5. The Morgan fingerprint density at radius 3 is 2.39 bits per heavy atom. The molecule has 0 spiro atoms. The van der Waals surface area contributed by atoms with Crippen LogP contribution in [-0.2, 0) is 4.79 Å². The molecule has 142 valence electrons. The molecule has 2 aromatic carbocycles.